The standard InChI is InChI=1S/C19H22N2O5/c1-11-6-14-13(8-18(23)26-16(14)7-12(11)2)10-21-5-4-20-19(24)15(21)9-17(22)25-3/h6-8,15H,4-5,9-10H2,1-3H3,(H,20,24). The number of carbonyl (C=O) groups excluding carboxylic acids is 2. The first-order valence-corrected chi connectivity index (χ1v) is 8.51. The van der Waals surface area contributed by atoms with Crippen LogP contribution in [0.15, 0.2) is 27.4 Å². The number of nitrogens with zero attached hydrogens (tertiary/aromatic N) is 1. The van der Waals surface area contributed by atoms with E-state index in [0.717, 1.165) is 22.1 Å². The molecule has 7 heteroatoms. The molecule has 1 atom stereocenters. The third-order valence-electron chi connectivity index (χ3n) is 4.85. The lowest BCUT2D eigenvalue weighted by Gasteiger charge is -2.34. The molecule has 0 bridgehead atoms. The van der Waals surface area contributed by atoms with Gasteiger partial charge < -0.3 is 14.5 Å². The summed E-state index contributed by atoms with van der Waals surface area (Å²) in [7, 11) is 1.30. The van der Waals surface area contributed by atoms with Gasteiger partial charge in [0, 0.05) is 31.1 Å². The summed E-state index contributed by atoms with van der Waals surface area (Å²) in [6.45, 7) is 5.41. The minimum atomic E-state index is -0.620. The Hall–Kier alpha value is -2.67. The monoisotopic (exact) mass is 358 g/mol. The van der Waals surface area contributed by atoms with E-state index < -0.39 is 17.6 Å². The van der Waals surface area contributed by atoms with Crippen molar-refractivity contribution in [2.75, 3.05) is 20.2 Å². The fraction of sp³-hybridized carbons (Fsp3) is 0.421. The van der Waals surface area contributed by atoms with Crippen LogP contribution in [0.4, 0.5) is 0 Å². The topological polar surface area (TPSA) is 88.9 Å². The van der Waals surface area contributed by atoms with Crippen molar-refractivity contribution in [1.82, 2.24) is 10.2 Å². The van der Waals surface area contributed by atoms with Crippen LogP contribution in [0.3, 0.4) is 0 Å². The van der Waals surface area contributed by atoms with Gasteiger partial charge in [-0.05, 0) is 42.7 Å². The SMILES string of the molecule is COC(=O)CC1C(=O)NCCN1Cc1cc(=O)oc2cc(C)c(C)cc12. The number of benzene rings is 1. The van der Waals surface area contributed by atoms with Crippen molar-refractivity contribution in [3.05, 3.63) is 45.3 Å². The molecule has 2 heterocycles. The molecule has 1 N–H and O–H groups in total. The highest BCUT2D eigenvalue weighted by atomic mass is 16.5. The first-order valence-electron chi connectivity index (χ1n) is 8.51. The summed E-state index contributed by atoms with van der Waals surface area (Å²) >= 11 is 0. The molecule has 0 aliphatic carbocycles. The average Bonchev–Trinajstić information content (AvgIpc) is 2.59. The number of fused-ring (bicyclic) bond motifs is 1. The van der Waals surface area contributed by atoms with Crippen LogP contribution in [-0.2, 0) is 20.9 Å². The van der Waals surface area contributed by atoms with E-state index in [9.17, 15) is 14.4 Å². The number of rotatable bonds is 4. The van der Waals surface area contributed by atoms with Crippen molar-refractivity contribution in [2.24, 2.45) is 0 Å². The zero-order valence-electron chi connectivity index (χ0n) is 15.1. The molecule has 1 aliphatic heterocycles. The Morgan fingerprint density at radius 1 is 1.27 bits per heavy atom. The Labute approximate surface area is 150 Å². The number of carbonyl (C=O) groups is 2. The third-order valence-corrected chi connectivity index (χ3v) is 4.85. The van der Waals surface area contributed by atoms with Gasteiger partial charge in [-0.2, -0.15) is 0 Å². The Bertz CT molecular complexity index is 918. The third kappa shape index (κ3) is 3.62. The van der Waals surface area contributed by atoms with Gasteiger partial charge in [0.25, 0.3) is 0 Å². The van der Waals surface area contributed by atoms with Crippen LogP contribution in [0, 0.1) is 13.8 Å². The van der Waals surface area contributed by atoms with E-state index in [-0.39, 0.29) is 12.3 Å². The lowest BCUT2D eigenvalue weighted by molar-refractivity contribution is -0.146. The first-order chi connectivity index (χ1) is 12.4. The molecular weight excluding hydrogens is 336 g/mol. The van der Waals surface area contributed by atoms with Crippen LogP contribution < -0.4 is 10.9 Å². The highest BCUT2D eigenvalue weighted by Crippen LogP contribution is 2.24. The summed E-state index contributed by atoms with van der Waals surface area (Å²) < 4.78 is 10.0. The fourth-order valence-corrected chi connectivity index (χ4v) is 3.25. The molecule has 1 fully saturated rings. The molecule has 1 amide bonds. The predicted molar refractivity (Wildman–Crippen MR) is 95.8 cm³/mol. The second kappa shape index (κ2) is 7.29. The normalized spacial score (nSPS) is 18.0. The molecule has 26 heavy (non-hydrogen) atoms. The van der Waals surface area contributed by atoms with Crippen molar-refractivity contribution < 1.29 is 18.7 Å². The molecular formula is C19H22N2O5. The van der Waals surface area contributed by atoms with Crippen LogP contribution in [0.2, 0.25) is 0 Å². The molecule has 1 saturated heterocycles. The fourth-order valence-electron chi connectivity index (χ4n) is 3.25. The van der Waals surface area contributed by atoms with Gasteiger partial charge in [-0.15, -0.1) is 0 Å². The maximum Gasteiger partial charge on any atom is 0.336 e. The van der Waals surface area contributed by atoms with Crippen LogP contribution in [0.5, 0.6) is 0 Å². The maximum atomic E-state index is 12.2. The molecule has 1 aromatic heterocycles. The summed E-state index contributed by atoms with van der Waals surface area (Å²) in [4.78, 5) is 37.8. The van der Waals surface area contributed by atoms with Gasteiger partial charge in [0.15, 0.2) is 0 Å². The van der Waals surface area contributed by atoms with Crippen molar-refractivity contribution >= 4 is 22.8 Å². The molecule has 0 spiro atoms. The van der Waals surface area contributed by atoms with Crippen LogP contribution >= 0.6 is 0 Å². The smallest absolute Gasteiger partial charge is 0.336 e. The number of methoxy groups -OCH3 is 1. The number of nitrogens with one attached hydrogen (secondary N) is 1. The Morgan fingerprint density at radius 3 is 2.73 bits per heavy atom. The second-order valence-electron chi connectivity index (χ2n) is 6.58. The minimum absolute atomic E-state index is 0.0279. The van der Waals surface area contributed by atoms with Gasteiger partial charge in [0.05, 0.1) is 13.5 Å². The van der Waals surface area contributed by atoms with E-state index in [0.29, 0.717) is 25.2 Å². The number of ether oxygens (including phenoxy) is 1. The van der Waals surface area contributed by atoms with Gasteiger partial charge in [0.1, 0.15) is 11.6 Å². The number of piperazine rings is 1. The van der Waals surface area contributed by atoms with E-state index in [1.54, 1.807) is 0 Å². The van der Waals surface area contributed by atoms with Crippen LogP contribution in [0.1, 0.15) is 23.1 Å². The zero-order chi connectivity index (χ0) is 18.8. The van der Waals surface area contributed by atoms with Gasteiger partial charge >= 0.3 is 11.6 Å². The lowest BCUT2D eigenvalue weighted by atomic mass is 10.0. The van der Waals surface area contributed by atoms with Crippen molar-refractivity contribution in [1.29, 1.82) is 0 Å². The molecule has 0 saturated carbocycles. The molecule has 0 radical (unpaired) electrons. The highest BCUT2D eigenvalue weighted by molar-refractivity contribution is 5.87. The molecule has 2 aromatic rings. The molecule has 3 rings (SSSR count). The largest absolute Gasteiger partial charge is 0.469 e. The van der Waals surface area contributed by atoms with Crippen LogP contribution in [-0.4, -0.2) is 43.0 Å². The summed E-state index contributed by atoms with van der Waals surface area (Å²) in [5, 5.41) is 3.62. The average molecular weight is 358 g/mol. The quantitative estimate of drug-likeness (QED) is 0.654. The molecule has 1 aliphatic rings. The highest BCUT2D eigenvalue weighted by Gasteiger charge is 2.32. The van der Waals surface area contributed by atoms with Gasteiger partial charge in [-0.1, -0.05) is 0 Å². The summed E-state index contributed by atoms with van der Waals surface area (Å²) in [5.74, 6) is -0.651. The van der Waals surface area contributed by atoms with E-state index in [2.05, 4.69) is 5.32 Å². The zero-order valence-corrected chi connectivity index (χ0v) is 15.1. The number of hydrogen-bond acceptors (Lipinski definition) is 6. The minimum Gasteiger partial charge on any atom is -0.469 e. The van der Waals surface area contributed by atoms with Crippen LogP contribution in [0.25, 0.3) is 11.0 Å². The number of hydrogen-bond donors (Lipinski definition) is 1. The second-order valence-corrected chi connectivity index (χ2v) is 6.58. The van der Waals surface area contributed by atoms with Gasteiger partial charge in [-0.3, -0.25) is 14.5 Å². The summed E-state index contributed by atoms with van der Waals surface area (Å²) in [5.41, 5.74) is 3.01. The number of aryl methyl sites for hydroxylation is 2. The Balaban J connectivity index is 1.98. The number of amides is 1. The Kier molecular flexibility index (Phi) is 5.08. The van der Waals surface area contributed by atoms with Gasteiger partial charge in [-0.25, -0.2) is 4.79 Å². The molecule has 1 aromatic carbocycles. The van der Waals surface area contributed by atoms with Gasteiger partial charge in [0.2, 0.25) is 5.91 Å². The van der Waals surface area contributed by atoms with E-state index in [1.165, 1.54) is 13.2 Å². The first kappa shape index (κ1) is 18.1. The van der Waals surface area contributed by atoms with Crippen molar-refractivity contribution in [3.63, 3.8) is 0 Å². The molecule has 138 valence electrons. The van der Waals surface area contributed by atoms with Crippen molar-refractivity contribution in [3.8, 4) is 0 Å². The predicted octanol–water partition coefficient (Wildman–Crippen LogP) is 1.27. The maximum absolute atomic E-state index is 12.2. The van der Waals surface area contributed by atoms with E-state index in [4.69, 9.17) is 9.15 Å². The summed E-state index contributed by atoms with van der Waals surface area (Å²) in [6, 6.07) is 4.68. The van der Waals surface area contributed by atoms with E-state index >= 15 is 0 Å². The Morgan fingerprint density at radius 2 is 2.00 bits per heavy atom. The van der Waals surface area contributed by atoms with Crippen molar-refractivity contribution in [2.45, 2.75) is 32.9 Å². The molecule has 1 unspecified atom stereocenters. The summed E-state index contributed by atoms with van der Waals surface area (Å²) in [6.07, 6.45) is -0.0279. The lowest BCUT2D eigenvalue weighted by Crippen LogP contribution is -2.55. The number of esters is 1. The van der Waals surface area contributed by atoms with E-state index in [1.807, 2.05) is 30.9 Å². The molecule has 7 nitrogen and oxygen atoms in total.